The van der Waals surface area contributed by atoms with E-state index in [1.54, 1.807) is 6.92 Å². The minimum absolute atomic E-state index is 0. The van der Waals surface area contributed by atoms with Crippen molar-refractivity contribution in [3.63, 3.8) is 0 Å². The molecule has 0 amide bonds. The molecule has 1 heterocycles. The first kappa shape index (κ1) is 22.6. The van der Waals surface area contributed by atoms with E-state index in [1.165, 1.54) is 5.69 Å². The van der Waals surface area contributed by atoms with Gasteiger partial charge in [0.25, 0.3) is 0 Å². The zero-order valence-corrected chi connectivity index (χ0v) is 16.3. The number of carboxylic acid groups (broad SMARTS) is 1. The van der Waals surface area contributed by atoms with E-state index in [-0.39, 0.29) is 7.43 Å². The number of anilines is 2. The van der Waals surface area contributed by atoms with Crippen LogP contribution in [0, 0.1) is 0 Å². The Bertz CT molecular complexity index is 764. The normalized spacial score (nSPS) is 13.6. The Morgan fingerprint density at radius 2 is 2.00 bits per heavy atom. The summed E-state index contributed by atoms with van der Waals surface area (Å²) in [6.07, 6.45) is 0.599. The number of carbonyl (C=O) groups is 1. The molecule has 0 saturated heterocycles. The minimum Gasteiger partial charge on any atom is -0.490 e. The van der Waals surface area contributed by atoms with Gasteiger partial charge in [-0.3, -0.25) is 0 Å². The van der Waals surface area contributed by atoms with Crippen LogP contribution in [0.1, 0.15) is 26.3 Å². The van der Waals surface area contributed by atoms with E-state index in [1.807, 2.05) is 42.5 Å². The molecule has 0 bridgehead atoms. The van der Waals surface area contributed by atoms with Crippen LogP contribution >= 0.6 is 0 Å². The van der Waals surface area contributed by atoms with E-state index in [2.05, 4.69) is 16.3 Å². The zero-order valence-electron chi connectivity index (χ0n) is 16.3. The van der Waals surface area contributed by atoms with Gasteiger partial charge in [0.1, 0.15) is 12.4 Å². The van der Waals surface area contributed by atoms with Gasteiger partial charge in [0, 0.05) is 31.8 Å². The predicted octanol–water partition coefficient (Wildman–Crippen LogP) is 4.06. The second-order valence-corrected chi connectivity index (χ2v) is 6.77. The highest BCUT2D eigenvalue weighted by Crippen LogP contribution is 2.30. The van der Waals surface area contributed by atoms with Gasteiger partial charge < -0.3 is 24.8 Å². The summed E-state index contributed by atoms with van der Waals surface area (Å²) in [6.45, 7) is 5.68. The number of para-hydroxylation sites is 2. The number of hydrogen-bond donors (Lipinski definition) is 2. The quantitative estimate of drug-likeness (QED) is 0.586. The number of nitrogens with zero attached hydrogens (tertiary/aromatic N) is 1. The van der Waals surface area contributed by atoms with E-state index in [4.69, 9.17) is 9.47 Å². The third kappa shape index (κ3) is 6.39. The molecule has 0 spiro atoms. The maximum absolute atomic E-state index is 11.2. The fraction of sp³-hybridized carbons (Fsp3) is 0.435. The van der Waals surface area contributed by atoms with Crippen LogP contribution in [0.15, 0.2) is 48.5 Å². The van der Waals surface area contributed by atoms with E-state index >= 15 is 0 Å². The molecule has 1 aliphatic rings. The molecule has 29 heavy (non-hydrogen) atoms. The second kappa shape index (κ2) is 11.3. The van der Waals surface area contributed by atoms with E-state index in [0.29, 0.717) is 13.0 Å². The maximum Gasteiger partial charge on any atom is 0.333 e. The maximum atomic E-state index is 11.2. The summed E-state index contributed by atoms with van der Waals surface area (Å²) in [6, 6.07) is 16.1. The van der Waals surface area contributed by atoms with Crippen molar-refractivity contribution in [2.24, 2.45) is 0 Å². The summed E-state index contributed by atoms with van der Waals surface area (Å²) < 4.78 is 11.0. The molecule has 6 nitrogen and oxygen atoms in total. The lowest BCUT2D eigenvalue weighted by atomic mass is 10.1. The number of benzene rings is 2. The number of hydrogen-bond acceptors (Lipinski definition) is 5. The summed E-state index contributed by atoms with van der Waals surface area (Å²) in [5.74, 6) is 0.0396. The molecule has 0 aromatic heterocycles. The van der Waals surface area contributed by atoms with Gasteiger partial charge in [-0.05, 0) is 43.2 Å². The third-order valence-corrected chi connectivity index (χ3v) is 4.78. The summed E-state index contributed by atoms with van der Waals surface area (Å²) in [5.41, 5.74) is 3.16. The Morgan fingerprint density at radius 3 is 2.72 bits per heavy atom. The lowest BCUT2D eigenvalue weighted by Gasteiger charge is -2.31. The van der Waals surface area contributed by atoms with Gasteiger partial charge >= 0.3 is 5.97 Å². The Hall–Kier alpha value is -2.73. The first-order valence-electron chi connectivity index (χ1n) is 9.81. The molecule has 1 atom stereocenters. The smallest absolute Gasteiger partial charge is 0.333 e. The number of ether oxygens (including phenoxy) is 2. The SMILES string of the molecule is C.CCO[C@H](Cc1ccc(NCCCN2CCOc3ccccc32)cc1)C(=O)O. The number of rotatable bonds is 10. The Kier molecular flexibility index (Phi) is 8.80. The van der Waals surface area contributed by atoms with E-state index < -0.39 is 12.1 Å². The number of carboxylic acids is 1. The van der Waals surface area contributed by atoms with Crippen LogP contribution in [0.25, 0.3) is 0 Å². The van der Waals surface area contributed by atoms with Crippen molar-refractivity contribution in [1.29, 1.82) is 0 Å². The van der Waals surface area contributed by atoms with Crippen LogP contribution in [-0.2, 0) is 16.0 Å². The molecule has 0 radical (unpaired) electrons. The van der Waals surface area contributed by atoms with Gasteiger partial charge in [-0.25, -0.2) is 4.79 Å². The summed E-state index contributed by atoms with van der Waals surface area (Å²) in [4.78, 5) is 13.6. The molecular formula is C23H32N2O4. The molecule has 0 saturated carbocycles. The molecule has 158 valence electrons. The van der Waals surface area contributed by atoms with Crippen LogP contribution in [0.4, 0.5) is 11.4 Å². The van der Waals surface area contributed by atoms with Gasteiger partial charge in [-0.1, -0.05) is 31.7 Å². The number of nitrogens with one attached hydrogen (secondary N) is 1. The van der Waals surface area contributed by atoms with Crippen LogP contribution in [-0.4, -0.2) is 50.0 Å². The van der Waals surface area contributed by atoms with Crippen LogP contribution < -0.4 is 15.0 Å². The summed E-state index contributed by atoms with van der Waals surface area (Å²) in [7, 11) is 0. The average molecular weight is 401 g/mol. The van der Waals surface area contributed by atoms with Gasteiger partial charge in [-0.2, -0.15) is 0 Å². The Morgan fingerprint density at radius 1 is 1.24 bits per heavy atom. The van der Waals surface area contributed by atoms with Gasteiger partial charge in [0.05, 0.1) is 12.2 Å². The molecule has 6 heteroatoms. The predicted molar refractivity (Wildman–Crippen MR) is 117 cm³/mol. The molecule has 1 aliphatic heterocycles. The fourth-order valence-corrected chi connectivity index (χ4v) is 3.35. The average Bonchev–Trinajstić information content (AvgIpc) is 2.72. The largest absolute Gasteiger partial charge is 0.490 e. The Balaban J connectivity index is 0.00000300. The molecule has 0 aliphatic carbocycles. The summed E-state index contributed by atoms with van der Waals surface area (Å²) in [5, 5.41) is 12.6. The first-order valence-corrected chi connectivity index (χ1v) is 9.81. The molecular weight excluding hydrogens is 368 g/mol. The monoisotopic (exact) mass is 400 g/mol. The van der Waals surface area contributed by atoms with Crippen molar-refractivity contribution in [3.8, 4) is 5.75 Å². The van der Waals surface area contributed by atoms with Crippen LogP contribution in [0.2, 0.25) is 0 Å². The zero-order chi connectivity index (χ0) is 19.8. The van der Waals surface area contributed by atoms with Crippen molar-refractivity contribution in [2.75, 3.05) is 43.1 Å². The first-order chi connectivity index (χ1) is 13.7. The summed E-state index contributed by atoms with van der Waals surface area (Å²) >= 11 is 0. The topological polar surface area (TPSA) is 71.0 Å². The van der Waals surface area contributed by atoms with Crippen molar-refractivity contribution >= 4 is 17.3 Å². The molecule has 3 rings (SSSR count). The lowest BCUT2D eigenvalue weighted by molar-refractivity contribution is -0.149. The van der Waals surface area contributed by atoms with Crippen LogP contribution in [0.5, 0.6) is 5.75 Å². The lowest BCUT2D eigenvalue weighted by Crippen LogP contribution is -2.34. The molecule has 0 fully saturated rings. The molecule has 2 N–H and O–H groups in total. The second-order valence-electron chi connectivity index (χ2n) is 6.77. The van der Waals surface area contributed by atoms with Crippen molar-refractivity contribution in [1.82, 2.24) is 0 Å². The van der Waals surface area contributed by atoms with Gasteiger partial charge in [0.2, 0.25) is 0 Å². The van der Waals surface area contributed by atoms with Gasteiger partial charge in [0.15, 0.2) is 6.10 Å². The molecule has 0 unspecified atom stereocenters. The number of fused-ring (bicyclic) bond motifs is 1. The standard InChI is InChI=1S/C22H28N2O4.CH4/c1-2-27-21(22(25)26)16-17-8-10-18(11-9-17)23-12-5-13-24-14-15-28-20-7-4-3-6-19(20)24;/h3-4,6-11,21,23H,2,5,12-16H2,1H3,(H,25,26);1H4/t21-;/m1./s1. The van der Waals surface area contributed by atoms with Crippen molar-refractivity contribution < 1.29 is 19.4 Å². The highest BCUT2D eigenvalue weighted by molar-refractivity contribution is 5.72. The van der Waals surface area contributed by atoms with Crippen molar-refractivity contribution in [3.05, 3.63) is 54.1 Å². The minimum atomic E-state index is -0.922. The highest BCUT2D eigenvalue weighted by atomic mass is 16.5. The van der Waals surface area contributed by atoms with E-state index in [9.17, 15) is 9.90 Å². The molecule has 2 aromatic carbocycles. The fourth-order valence-electron chi connectivity index (χ4n) is 3.35. The Labute approximate surface area is 173 Å². The van der Waals surface area contributed by atoms with Gasteiger partial charge in [-0.15, -0.1) is 0 Å². The van der Waals surface area contributed by atoms with Crippen molar-refractivity contribution in [2.45, 2.75) is 33.3 Å². The van der Waals surface area contributed by atoms with E-state index in [0.717, 1.165) is 49.7 Å². The highest BCUT2D eigenvalue weighted by Gasteiger charge is 2.18. The molecule has 2 aromatic rings. The van der Waals surface area contributed by atoms with Crippen LogP contribution in [0.3, 0.4) is 0 Å². The third-order valence-electron chi connectivity index (χ3n) is 4.78. The number of aliphatic carboxylic acids is 1.